The molecule has 0 aliphatic heterocycles. The molecule has 0 saturated carbocycles. The van der Waals surface area contributed by atoms with Gasteiger partial charge in [-0.25, -0.2) is 4.98 Å². The normalized spacial score (nSPS) is 12.5. The fourth-order valence-electron chi connectivity index (χ4n) is 3.70. The van der Waals surface area contributed by atoms with E-state index >= 15 is 0 Å². The van der Waals surface area contributed by atoms with Crippen LogP contribution >= 0.6 is 0 Å². The summed E-state index contributed by atoms with van der Waals surface area (Å²) in [6.07, 6.45) is 7.99. The van der Waals surface area contributed by atoms with Crippen molar-refractivity contribution in [2.24, 2.45) is 0 Å². The second kappa shape index (κ2) is 9.17. The number of aryl methyl sites for hydroxylation is 2. The highest BCUT2D eigenvalue weighted by Gasteiger charge is 2.16. The molecule has 3 aromatic rings. The van der Waals surface area contributed by atoms with Crippen LogP contribution in [0, 0.1) is 0 Å². The third kappa shape index (κ3) is 5.30. The van der Waals surface area contributed by atoms with E-state index in [9.17, 15) is 0 Å². The lowest BCUT2D eigenvalue weighted by molar-refractivity contribution is 0.172. The zero-order valence-electron chi connectivity index (χ0n) is 18.8. The molecule has 0 fully saturated rings. The second-order valence-electron chi connectivity index (χ2n) is 9.31. The number of hydrogen-bond donors (Lipinski definition) is 1. The van der Waals surface area contributed by atoms with Crippen LogP contribution in [0.25, 0.3) is 21.9 Å². The van der Waals surface area contributed by atoms with Gasteiger partial charge in [0.25, 0.3) is 0 Å². The Labute approximate surface area is 175 Å². The molecule has 0 unspecified atom stereocenters. The molecule has 4 nitrogen and oxygen atoms in total. The van der Waals surface area contributed by atoms with E-state index in [1.807, 2.05) is 0 Å². The summed E-state index contributed by atoms with van der Waals surface area (Å²) in [5, 5.41) is 2.01. The average molecular weight is 396 g/mol. The Morgan fingerprint density at radius 1 is 1.00 bits per heavy atom. The summed E-state index contributed by atoms with van der Waals surface area (Å²) in [5.41, 5.74) is 9.64. The lowest BCUT2D eigenvalue weighted by Gasteiger charge is -2.31. The monoisotopic (exact) mass is 395 g/mol. The quantitative estimate of drug-likeness (QED) is 0.429. The van der Waals surface area contributed by atoms with E-state index in [-0.39, 0.29) is 5.54 Å². The lowest BCUT2D eigenvalue weighted by Crippen LogP contribution is -2.38. The van der Waals surface area contributed by atoms with E-state index < -0.39 is 0 Å². The van der Waals surface area contributed by atoms with Crippen LogP contribution in [0.5, 0.6) is 0 Å². The summed E-state index contributed by atoms with van der Waals surface area (Å²) >= 11 is 0. The number of nitrogen functional groups attached to an aromatic ring is 1. The predicted octanol–water partition coefficient (Wildman–Crippen LogP) is 6.35. The van der Waals surface area contributed by atoms with Gasteiger partial charge in [0.15, 0.2) is 0 Å². The zero-order chi connectivity index (χ0) is 21.0. The molecule has 0 saturated heterocycles. The van der Waals surface area contributed by atoms with Crippen LogP contribution in [0.2, 0.25) is 0 Å². The van der Waals surface area contributed by atoms with E-state index in [0.717, 1.165) is 59.9 Å². The van der Waals surface area contributed by atoms with Crippen molar-refractivity contribution in [3.05, 3.63) is 35.6 Å². The van der Waals surface area contributed by atoms with Crippen molar-refractivity contribution in [2.45, 2.75) is 78.2 Å². The van der Waals surface area contributed by atoms with Crippen LogP contribution < -0.4 is 5.73 Å². The first-order valence-corrected chi connectivity index (χ1v) is 11.1. The van der Waals surface area contributed by atoms with Crippen molar-refractivity contribution in [3.63, 3.8) is 0 Å². The van der Waals surface area contributed by atoms with E-state index in [0.29, 0.717) is 5.82 Å². The molecular formula is C25H37N3O. The number of nitrogens with zero attached hydrogens (tertiary/aromatic N) is 2. The van der Waals surface area contributed by atoms with Gasteiger partial charge in [0, 0.05) is 17.3 Å². The van der Waals surface area contributed by atoms with Gasteiger partial charge in [-0.05, 0) is 83.8 Å². The summed E-state index contributed by atoms with van der Waals surface area (Å²) in [7, 11) is 2.21. The number of benzene rings is 1. The first-order valence-electron chi connectivity index (χ1n) is 11.1. The van der Waals surface area contributed by atoms with Crippen molar-refractivity contribution in [1.29, 1.82) is 0 Å². The largest absolute Gasteiger partial charge is 0.460 e. The van der Waals surface area contributed by atoms with Crippen LogP contribution in [0.1, 0.15) is 71.1 Å². The Morgan fingerprint density at radius 3 is 2.52 bits per heavy atom. The van der Waals surface area contributed by atoms with Crippen molar-refractivity contribution in [2.75, 3.05) is 19.3 Å². The number of fused-ring (bicyclic) bond motifs is 3. The van der Waals surface area contributed by atoms with E-state index in [4.69, 9.17) is 10.2 Å². The molecule has 3 rings (SSSR count). The molecule has 0 amide bonds. The predicted molar refractivity (Wildman–Crippen MR) is 124 cm³/mol. The van der Waals surface area contributed by atoms with Crippen molar-refractivity contribution >= 4 is 27.7 Å². The maximum absolute atomic E-state index is 6.24. The Kier molecular flexibility index (Phi) is 6.84. The number of hydrogen-bond acceptors (Lipinski definition) is 4. The third-order valence-corrected chi connectivity index (χ3v) is 5.99. The van der Waals surface area contributed by atoms with Gasteiger partial charge in [-0.1, -0.05) is 25.8 Å². The lowest BCUT2D eigenvalue weighted by atomic mass is 10.0. The smallest absolute Gasteiger partial charge is 0.147 e. The zero-order valence-corrected chi connectivity index (χ0v) is 18.8. The number of furan rings is 1. The first-order chi connectivity index (χ1) is 13.8. The standard InChI is InChI=1S/C25H37N3O/c1-6-7-12-19-17-21-23(29-19)20-14-13-18(16-22(20)27-24(21)26)11-9-8-10-15-28(5)25(2,3)4/h13-14,16-17H,6-12,15H2,1-5H3,(H2,26,27). The third-order valence-electron chi connectivity index (χ3n) is 5.99. The van der Waals surface area contributed by atoms with Gasteiger partial charge in [0.2, 0.25) is 0 Å². The molecule has 2 aromatic heterocycles. The molecule has 0 atom stereocenters. The minimum absolute atomic E-state index is 0.248. The summed E-state index contributed by atoms with van der Waals surface area (Å²) in [5.74, 6) is 1.58. The van der Waals surface area contributed by atoms with Gasteiger partial charge in [0.05, 0.1) is 10.9 Å². The minimum Gasteiger partial charge on any atom is -0.460 e. The second-order valence-corrected chi connectivity index (χ2v) is 9.31. The maximum atomic E-state index is 6.24. The molecule has 0 aliphatic rings. The molecular weight excluding hydrogens is 358 g/mol. The molecule has 158 valence electrons. The Bertz CT molecular complexity index is 952. The number of pyridine rings is 1. The number of unbranched alkanes of at least 4 members (excludes halogenated alkanes) is 3. The highest BCUT2D eigenvalue weighted by molar-refractivity contribution is 6.06. The highest BCUT2D eigenvalue weighted by atomic mass is 16.3. The Balaban J connectivity index is 1.66. The molecule has 2 N–H and O–H groups in total. The number of aromatic nitrogens is 1. The topological polar surface area (TPSA) is 55.3 Å². The molecule has 0 aliphatic carbocycles. The van der Waals surface area contributed by atoms with Crippen LogP contribution in [0.3, 0.4) is 0 Å². The number of anilines is 1. The first kappa shape index (κ1) is 21.6. The summed E-state index contributed by atoms with van der Waals surface area (Å²) in [6.45, 7) is 10.1. The van der Waals surface area contributed by atoms with Gasteiger partial charge in [-0.15, -0.1) is 0 Å². The van der Waals surface area contributed by atoms with E-state index in [2.05, 4.69) is 68.9 Å². The molecule has 1 aromatic carbocycles. The molecule has 0 radical (unpaired) electrons. The van der Waals surface area contributed by atoms with E-state index in [1.165, 1.54) is 24.8 Å². The summed E-state index contributed by atoms with van der Waals surface area (Å²) < 4.78 is 6.14. The van der Waals surface area contributed by atoms with E-state index in [1.54, 1.807) is 0 Å². The van der Waals surface area contributed by atoms with Gasteiger partial charge in [-0.3, -0.25) is 0 Å². The minimum atomic E-state index is 0.248. The maximum Gasteiger partial charge on any atom is 0.147 e. The average Bonchev–Trinajstić information content (AvgIpc) is 3.10. The fourth-order valence-corrected chi connectivity index (χ4v) is 3.70. The molecule has 0 spiro atoms. The van der Waals surface area contributed by atoms with Crippen LogP contribution in [0.4, 0.5) is 5.82 Å². The molecule has 0 bridgehead atoms. The van der Waals surface area contributed by atoms with Gasteiger partial charge in [-0.2, -0.15) is 0 Å². The van der Waals surface area contributed by atoms with Crippen LogP contribution in [-0.2, 0) is 12.8 Å². The van der Waals surface area contributed by atoms with Crippen molar-refractivity contribution in [3.8, 4) is 0 Å². The number of nitrogens with two attached hydrogens (primary N) is 1. The summed E-state index contributed by atoms with van der Waals surface area (Å²) in [4.78, 5) is 7.09. The summed E-state index contributed by atoms with van der Waals surface area (Å²) in [6, 6.07) is 8.62. The molecule has 4 heteroatoms. The Hall–Kier alpha value is -2.07. The fraction of sp³-hybridized carbons (Fsp3) is 0.560. The van der Waals surface area contributed by atoms with Gasteiger partial charge >= 0.3 is 0 Å². The number of rotatable bonds is 9. The SMILES string of the molecule is CCCCc1cc2c(N)nc3cc(CCCCCN(C)C(C)(C)C)ccc3c2o1. The van der Waals surface area contributed by atoms with Gasteiger partial charge in [0.1, 0.15) is 17.2 Å². The Morgan fingerprint density at radius 2 is 1.79 bits per heavy atom. The molecule has 2 heterocycles. The van der Waals surface area contributed by atoms with Crippen molar-refractivity contribution in [1.82, 2.24) is 9.88 Å². The molecule has 29 heavy (non-hydrogen) atoms. The van der Waals surface area contributed by atoms with Gasteiger partial charge < -0.3 is 15.1 Å². The van der Waals surface area contributed by atoms with Crippen molar-refractivity contribution < 1.29 is 4.42 Å². The van der Waals surface area contributed by atoms with Crippen LogP contribution in [-0.4, -0.2) is 29.0 Å². The highest BCUT2D eigenvalue weighted by Crippen LogP contribution is 2.32. The van der Waals surface area contributed by atoms with Crippen LogP contribution in [0.15, 0.2) is 28.7 Å².